The number of halogens is 4. The number of carbonyl (C=O) groups excluding carboxylic acids is 1. The van der Waals surface area contributed by atoms with Crippen LogP contribution in [-0.2, 0) is 0 Å². The minimum absolute atomic E-state index is 0.0513. The molecule has 0 aliphatic heterocycles. The molecule has 0 atom stereocenters. The first kappa shape index (κ1) is 18.3. The molecule has 0 aliphatic rings. The number of benzene rings is 2. The smallest absolute Gasteiger partial charge is 0.278 e. The first-order chi connectivity index (χ1) is 12.3. The Morgan fingerprint density at radius 1 is 1.19 bits per heavy atom. The van der Waals surface area contributed by atoms with E-state index in [2.05, 4.69) is 5.16 Å². The number of nitrogens with zero attached hydrogens (tertiary/aromatic N) is 2. The lowest BCUT2D eigenvalue weighted by Gasteiger charge is -2.17. The van der Waals surface area contributed by atoms with Crippen LogP contribution < -0.4 is 10.9 Å². The van der Waals surface area contributed by atoms with E-state index in [1.807, 2.05) is 0 Å². The molecule has 1 amide bonds. The number of aromatic nitrogens is 1. The van der Waals surface area contributed by atoms with Gasteiger partial charge in [0, 0.05) is 11.6 Å². The van der Waals surface area contributed by atoms with Gasteiger partial charge in [-0.2, -0.15) is 0 Å². The number of amides is 1. The second-order valence-electron chi connectivity index (χ2n) is 5.33. The number of nitrogens with two attached hydrogens (primary N) is 1. The third kappa shape index (κ3) is 3.16. The van der Waals surface area contributed by atoms with Crippen molar-refractivity contribution in [3.63, 3.8) is 0 Å². The highest BCUT2D eigenvalue weighted by Crippen LogP contribution is 2.37. The fourth-order valence-electron chi connectivity index (χ4n) is 2.42. The molecule has 9 heteroatoms. The van der Waals surface area contributed by atoms with Gasteiger partial charge < -0.3 is 4.52 Å². The lowest BCUT2D eigenvalue weighted by Crippen LogP contribution is -2.38. The van der Waals surface area contributed by atoms with Gasteiger partial charge in [-0.15, -0.1) is 0 Å². The quantitative estimate of drug-likeness (QED) is 0.393. The fourth-order valence-corrected chi connectivity index (χ4v) is 3.00. The Kier molecular flexibility index (Phi) is 4.95. The molecule has 5 nitrogen and oxygen atoms in total. The van der Waals surface area contributed by atoms with Gasteiger partial charge >= 0.3 is 0 Å². The van der Waals surface area contributed by atoms with Crippen LogP contribution in [0.5, 0.6) is 0 Å². The summed E-state index contributed by atoms with van der Waals surface area (Å²) in [5.41, 5.74) is -0.183. The van der Waals surface area contributed by atoms with Crippen LogP contribution in [0.15, 0.2) is 40.9 Å². The van der Waals surface area contributed by atoms with Crippen molar-refractivity contribution in [2.75, 3.05) is 5.01 Å². The number of hydrazine groups is 1. The van der Waals surface area contributed by atoms with Crippen molar-refractivity contribution in [1.82, 2.24) is 5.16 Å². The van der Waals surface area contributed by atoms with E-state index >= 15 is 0 Å². The number of hydrogen-bond acceptors (Lipinski definition) is 4. The maximum Gasteiger partial charge on any atom is 0.278 e. The Morgan fingerprint density at radius 3 is 2.50 bits per heavy atom. The summed E-state index contributed by atoms with van der Waals surface area (Å²) in [5, 5.41) is 4.78. The summed E-state index contributed by atoms with van der Waals surface area (Å²) in [6.45, 7) is 1.48. The van der Waals surface area contributed by atoms with Crippen LogP contribution in [0.1, 0.15) is 16.1 Å². The molecular formula is C17H11Cl2F2N3O2. The highest BCUT2D eigenvalue weighted by Gasteiger charge is 2.29. The topological polar surface area (TPSA) is 72.4 Å². The van der Waals surface area contributed by atoms with Crippen LogP contribution in [0.2, 0.25) is 10.0 Å². The Labute approximate surface area is 156 Å². The molecule has 0 aliphatic carbocycles. The van der Waals surface area contributed by atoms with Crippen LogP contribution >= 0.6 is 23.2 Å². The number of hydrogen-bond donors (Lipinski definition) is 1. The molecule has 26 heavy (non-hydrogen) atoms. The summed E-state index contributed by atoms with van der Waals surface area (Å²) in [7, 11) is 0. The molecule has 3 aromatic rings. The third-order valence-electron chi connectivity index (χ3n) is 3.66. The van der Waals surface area contributed by atoms with E-state index in [4.69, 9.17) is 33.6 Å². The zero-order valence-electron chi connectivity index (χ0n) is 13.3. The molecule has 0 unspecified atom stereocenters. The molecule has 2 N–H and O–H groups in total. The van der Waals surface area contributed by atoms with E-state index in [1.54, 1.807) is 18.2 Å². The van der Waals surface area contributed by atoms with Gasteiger partial charge in [0.05, 0.1) is 15.7 Å². The molecule has 0 spiro atoms. The first-order valence-corrected chi connectivity index (χ1v) is 8.01. The average Bonchev–Trinajstić information content (AvgIpc) is 2.97. The fraction of sp³-hybridized carbons (Fsp3) is 0.0588. The van der Waals surface area contributed by atoms with Gasteiger partial charge in [0.2, 0.25) is 0 Å². The molecule has 1 aromatic heterocycles. The van der Waals surface area contributed by atoms with Gasteiger partial charge in [0.25, 0.3) is 5.91 Å². The van der Waals surface area contributed by atoms with Crippen molar-refractivity contribution in [2.24, 2.45) is 5.84 Å². The summed E-state index contributed by atoms with van der Waals surface area (Å²) in [6, 6.07) is 7.33. The predicted molar refractivity (Wildman–Crippen MR) is 94.1 cm³/mol. The first-order valence-electron chi connectivity index (χ1n) is 7.26. The van der Waals surface area contributed by atoms with Crippen LogP contribution in [0.25, 0.3) is 11.3 Å². The van der Waals surface area contributed by atoms with Crippen LogP contribution in [0, 0.1) is 18.6 Å². The summed E-state index contributed by atoms with van der Waals surface area (Å²) in [6.07, 6.45) is 0. The van der Waals surface area contributed by atoms with E-state index < -0.39 is 23.2 Å². The SMILES string of the molecule is Cc1onc(-c2c(Cl)cccc2Cl)c1C(=O)N(N)c1cc(F)ccc1F. The zero-order valence-corrected chi connectivity index (χ0v) is 14.8. The molecule has 134 valence electrons. The van der Waals surface area contributed by atoms with Crippen molar-refractivity contribution in [3.05, 3.63) is 69.4 Å². The third-order valence-corrected chi connectivity index (χ3v) is 4.29. The summed E-state index contributed by atoms with van der Waals surface area (Å²) in [4.78, 5) is 12.8. The van der Waals surface area contributed by atoms with Crippen molar-refractivity contribution in [3.8, 4) is 11.3 Å². The Balaban J connectivity index is 2.12. The van der Waals surface area contributed by atoms with E-state index in [-0.39, 0.29) is 32.6 Å². The van der Waals surface area contributed by atoms with Crippen LogP contribution in [0.3, 0.4) is 0 Å². The second-order valence-corrected chi connectivity index (χ2v) is 6.14. The number of rotatable bonds is 3. The Hall–Kier alpha value is -2.48. The number of carbonyl (C=O) groups is 1. The number of anilines is 1. The van der Waals surface area contributed by atoms with Gasteiger partial charge in [-0.25, -0.2) is 19.6 Å². The van der Waals surface area contributed by atoms with Crippen molar-refractivity contribution in [1.29, 1.82) is 0 Å². The van der Waals surface area contributed by atoms with Crippen LogP contribution in [-0.4, -0.2) is 11.1 Å². The summed E-state index contributed by atoms with van der Waals surface area (Å²) >= 11 is 12.3. The summed E-state index contributed by atoms with van der Waals surface area (Å²) in [5.74, 6) is 3.37. The van der Waals surface area contributed by atoms with Gasteiger partial charge in [-0.05, 0) is 31.2 Å². The molecular weight excluding hydrogens is 387 g/mol. The molecule has 2 aromatic carbocycles. The molecule has 0 saturated carbocycles. The van der Waals surface area contributed by atoms with Gasteiger partial charge in [-0.3, -0.25) is 4.79 Å². The maximum atomic E-state index is 14.0. The molecule has 0 fully saturated rings. The van der Waals surface area contributed by atoms with Gasteiger partial charge in [-0.1, -0.05) is 34.4 Å². The van der Waals surface area contributed by atoms with Crippen molar-refractivity contribution >= 4 is 34.8 Å². The second kappa shape index (κ2) is 7.03. The maximum absolute atomic E-state index is 14.0. The molecule has 3 rings (SSSR count). The van der Waals surface area contributed by atoms with Crippen molar-refractivity contribution in [2.45, 2.75) is 6.92 Å². The minimum Gasteiger partial charge on any atom is -0.360 e. The van der Waals surface area contributed by atoms with E-state index in [0.717, 1.165) is 18.2 Å². The van der Waals surface area contributed by atoms with Crippen LogP contribution in [0.4, 0.5) is 14.5 Å². The highest BCUT2D eigenvalue weighted by molar-refractivity contribution is 6.39. The normalized spacial score (nSPS) is 10.8. The summed E-state index contributed by atoms with van der Waals surface area (Å²) < 4.78 is 32.5. The van der Waals surface area contributed by atoms with Crippen molar-refractivity contribution < 1.29 is 18.1 Å². The monoisotopic (exact) mass is 397 g/mol. The van der Waals surface area contributed by atoms with Gasteiger partial charge in [0.1, 0.15) is 28.7 Å². The average molecular weight is 398 g/mol. The lowest BCUT2D eigenvalue weighted by atomic mass is 10.0. The standard InChI is InChI=1S/C17H11Cl2F2N3O2/c1-8-14(16(23-26-8)15-10(18)3-2-4-11(15)19)17(25)24(22)13-7-9(20)5-6-12(13)21/h2-7H,22H2,1H3. The van der Waals surface area contributed by atoms with E-state index in [1.165, 1.54) is 6.92 Å². The lowest BCUT2D eigenvalue weighted by molar-refractivity contribution is 0.0985. The van der Waals surface area contributed by atoms with E-state index in [0.29, 0.717) is 5.01 Å². The molecule has 0 bridgehead atoms. The predicted octanol–water partition coefficient (Wildman–Crippen LogP) is 4.76. The van der Waals surface area contributed by atoms with E-state index in [9.17, 15) is 13.6 Å². The molecule has 0 saturated heterocycles. The molecule has 0 radical (unpaired) electrons. The largest absolute Gasteiger partial charge is 0.360 e. The Bertz CT molecular complexity index is 987. The zero-order chi connectivity index (χ0) is 19.0. The number of aryl methyl sites for hydroxylation is 1. The Morgan fingerprint density at radius 2 is 1.85 bits per heavy atom. The molecule has 1 heterocycles. The highest BCUT2D eigenvalue weighted by atomic mass is 35.5. The van der Waals surface area contributed by atoms with Gasteiger partial charge in [0.15, 0.2) is 0 Å². The minimum atomic E-state index is -0.867.